The molecule has 0 saturated heterocycles. The summed E-state index contributed by atoms with van der Waals surface area (Å²) in [5.41, 5.74) is 2.04. The van der Waals surface area contributed by atoms with E-state index in [4.69, 9.17) is 16.3 Å². The Morgan fingerprint density at radius 3 is 2.37 bits per heavy atom. The van der Waals surface area contributed by atoms with Gasteiger partial charge in [-0.3, -0.25) is 0 Å². The van der Waals surface area contributed by atoms with E-state index < -0.39 is 0 Å². The van der Waals surface area contributed by atoms with Gasteiger partial charge in [0.05, 0.1) is 5.02 Å². The maximum absolute atomic E-state index is 12.9. The van der Waals surface area contributed by atoms with Gasteiger partial charge in [-0.1, -0.05) is 43.6 Å². The van der Waals surface area contributed by atoms with Crippen LogP contribution in [0.25, 0.3) is 0 Å². The van der Waals surface area contributed by atoms with Crippen molar-refractivity contribution in [3.05, 3.63) is 64.4 Å². The van der Waals surface area contributed by atoms with Gasteiger partial charge in [-0.25, -0.2) is 4.39 Å². The highest BCUT2D eigenvalue weighted by atomic mass is 35.5. The van der Waals surface area contributed by atoms with Gasteiger partial charge in [0, 0.05) is 5.56 Å². The van der Waals surface area contributed by atoms with E-state index in [-0.39, 0.29) is 5.82 Å². The van der Waals surface area contributed by atoms with Gasteiger partial charge < -0.3 is 4.74 Å². The van der Waals surface area contributed by atoms with Gasteiger partial charge >= 0.3 is 0 Å². The van der Waals surface area contributed by atoms with Crippen LogP contribution in [0.5, 0.6) is 5.75 Å². The third-order valence-electron chi connectivity index (χ3n) is 2.96. The minimum atomic E-state index is -0.338. The number of benzene rings is 2. The van der Waals surface area contributed by atoms with E-state index in [1.807, 2.05) is 24.3 Å². The summed E-state index contributed by atoms with van der Waals surface area (Å²) in [4.78, 5) is 0. The molecule has 0 aliphatic rings. The van der Waals surface area contributed by atoms with E-state index in [9.17, 15) is 4.39 Å². The predicted octanol–water partition coefficient (Wildman–Crippen LogP) is 5.18. The molecule has 100 valence electrons. The van der Waals surface area contributed by atoms with Crippen LogP contribution < -0.4 is 4.74 Å². The zero-order valence-electron chi connectivity index (χ0n) is 11.0. The van der Waals surface area contributed by atoms with Crippen molar-refractivity contribution in [2.75, 3.05) is 0 Å². The first kappa shape index (κ1) is 13.9. The summed E-state index contributed by atoms with van der Waals surface area (Å²) in [6, 6.07) is 12.3. The molecular weight excluding hydrogens is 263 g/mol. The Morgan fingerprint density at radius 1 is 1.11 bits per heavy atom. The van der Waals surface area contributed by atoms with E-state index >= 15 is 0 Å². The zero-order valence-corrected chi connectivity index (χ0v) is 11.7. The van der Waals surface area contributed by atoms with Gasteiger partial charge in [0.15, 0.2) is 0 Å². The maximum atomic E-state index is 12.9. The molecule has 0 unspecified atom stereocenters. The summed E-state index contributed by atoms with van der Waals surface area (Å²) in [6.45, 7) is 4.63. The molecule has 0 aliphatic heterocycles. The Bertz CT molecular complexity index is 549. The molecule has 0 spiro atoms. The largest absolute Gasteiger partial charge is 0.489 e. The molecule has 1 nitrogen and oxygen atoms in total. The predicted molar refractivity (Wildman–Crippen MR) is 76.3 cm³/mol. The maximum Gasteiger partial charge on any atom is 0.124 e. The number of rotatable bonds is 4. The van der Waals surface area contributed by atoms with Crippen LogP contribution in [-0.4, -0.2) is 0 Å². The van der Waals surface area contributed by atoms with Crippen LogP contribution >= 0.6 is 11.6 Å². The van der Waals surface area contributed by atoms with Crippen LogP contribution in [0.4, 0.5) is 4.39 Å². The van der Waals surface area contributed by atoms with Gasteiger partial charge in [0.2, 0.25) is 0 Å². The van der Waals surface area contributed by atoms with Gasteiger partial charge in [-0.2, -0.15) is 0 Å². The lowest BCUT2D eigenvalue weighted by Crippen LogP contribution is -1.97. The van der Waals surface area contributed by atoms with Gasteiger partial charge in [0.25, 0.3) is 0 Å². The van der Waals surface area contributed by atoms with Gasteiger partial charge in [-0.15, -0.1) is 0 Å². The highest BCUT2D eigenvalue weighted by Crippen LogP contribution is 2.22. The first-order valence-corrected chi connectivity index (χ1v) is 6.61. The SMILES string of the molecule is CC(C)c1ccc(OCc2ccc(F)cc2Cl)cc1. The lowest BCUT2D eigenvalue weighted by atomic mass is 10.0. The quantitative estimate of drug-likeness (QED) is 0.748. The van der Waals surface area contributed by atoms with E-state index in [0.717, 1.165) is 11.3 Å². The second kappa shape index (κ2) is 6.07. The molecule has 2 aromatic carbocycles. The Morgan fingerprint density at radius 2 is 1.79 bits per heavy atom. The summed E-state index contributed by atoms with van der Waals surface area (Å²) >= 11 is 5.94. The summed E-state index contributed by atoms with van der Waals surface area (Å²) in [7, 11) is 0. The average molecular weight is 279 g/mol. The molecule has 0 atom stereocenters. The molecule has 0 saturated carbocycles. The monoisotopic (exact) mass is 278 g/mol. The van der Waals surface area contributed by atoms with Crippen molar-refractivity contribution in [3.8, 4) is 5.75 Å². The summed E-state index contributed by atoms with van der Waals surface area (Å²) < 4.78 is 18.5. The smallest absolute Gasteiger partial charge is 0.124 e. The van der Waals surface area contributed by atoms with Crippen molar-refractivity contribution in [3.63, 3.8) is 0 Å². The molecule has 0 aromatic heterocycles. The number of hydrogen-bond donors (Lipinski definition) is 0. The fourth-order valence-corrected chi connectivity index (χ4v) is 1.97. The van der Waals surface area contributed by atoms with Crippen molar-refractivity contribution < 1.29 is 9.13 Å². The second-order valence-corrected chi connectivity index (χ2v) is 5.16. The lowest BCUT2D eigenvalue weighted by molar-refractivity contribution is 0.306. The molecule has 2 rings (SSSR count). The Kier molecular flexibility index (Phi) is 4.43. The number of hydrogen-bond acceptors (Lipinski definition) is 1. The van der Waals surface area contributed by atoms with E-state index in [0.29, 0.717) is 17.5 Å². The molecule has 0 fully saturated rings. The lowest BCUT2D eigenvalue weighted by Gasteiger charge is -2.10. The molecule has 0 N–H and O–H groups in total. The van der Waals surface area contributed by atoms with Gasteiger partial charge in [0.1, 0.15) is 18.2 Å². The highest BCUT2D eigenvalue weighted by Gasteiger charge is 2.04. The molecule has 0 amide bonds. The van der Waals surface area contributed by atoms with Crippen LogP contribution in [0.3, 0.4) is 0 Å². The number of ether oxygens (including phenoxy) is 1. The van der Waals surface area contributed by atoms with Crippen molar-refractivity contribution in [1.29, 1.82) is 0 Å². The summed E-state index contributed by atoms with van der Waals surface area (Å²) in [5.74, 6) is 0.945. The van der Waals surface area contributed by atoms with Crippen molar-refractivity contribution in [2.24, 2.45) is 0 Å². The first-order chi connectivity index (χ1) is 9.06. The second-order valence-electron chi connectivity index (χ2n) is 4.75. The fraction of sp³-hybridized carbons (Fsp3) is 0.250. The van der Waals surface area contributed by atoms with Crippen molar-refractivity contribution in [2.45, 2.75) is 26.4 Å². The first-order valence-electron chi connectivity index (χ1n) is 6.23. The Hall–Kier alpha value is -1.54. The van der Waals surface area contributed by atoms with E-state index in [2.05, 4.69) is 13.8 Å². The summed E-state index contributed by atoms with van der Waals surface area (Å²) in [6.07, 6.45) is 0. The molecule has 19 heavy (non-hydrogen) atoms. The van der Waals surface area contributed by atoms with Crippen LogP contribution in [-0.2, 0) is 6.61 Å². The molecule has 0 bridgehead atoms. The molecular formula is C16H16ClFO. The van der Waals surface area contributed by atoms with E-state index in [1.54, 1.807) is 6.07 Å². The molecule has 0 heterocycles. The minimum absolute atomic E-state index is 0.333. The summed E-state index contributed by atoms with van der Waals surface area (Å²) in [5, 5.41) is 0.388. The average Bonchev–Trinajstić information content (AvgIpc) is 2.38. The third-order valence-corrected chi connectivity index (χ3v) is 3.31. The Balaban J connectivity index is 2.02. The van der Waals surface area contributed by atoms with E-state index in [1.165, 1.54) is 17.7 Å². The molecule has 0 radical (unpaired) electrons. The van der Waals surface area contributed by atoms with Crippen LogP contribution in [0.2, 0.25) is 5.02 Å². The highest BCUT2D eigenvalue weighted by molar-refractivity contribution is 6.31. The molecule has 0 aliphatic carbocycles. The third kappa shape index (κ3) is 3.71. The van der Waals surface area contributed by atoms with Crippen molar-refractivity contribution >= 4 is 11.6 Å². The van der Waals surface area contributed by atoms with Crippen LogP contribution in [0.15, 0.2) is 42.5 Å². The fourth-order valence-electron chi connectivity index (χ4n) is 1.75. The number of halogens is 2. The van der Waals surface area contributed by atoms with Crippen molar-refractivity contribution in [1.82, 2.24) is 0 Å². The normalized spacial score (nSPS) is 10.8. The Labute approximate surface area is 118 Å². The van der Waals surface area contributed by atoms with Gasteiger partial charge in [-0.05, 0) is 35.7 Å². The standard InChI is InChI=1S/C16H16ClFO/c1-11(2)12-4-7-15(8-5-12)19-10-13-3-6-14(18)9-16(13)17/h3-9,11H,10H2,1-2H3. The molecule has 3 heteroatoms. The van der Waals surface area contributed by atoms with Crippen LogP contribution in [0, 0.1) is 5.82 Å². The van der Waals surface area contributed by atoms with Crippen LogP contribution in [0.1, 0.15) is 30.9 Å². The minimum Gasteiger partial charge on any atom is -0.489 e. The zero-order chi connectivity index (χ0) is 13.8. The topological polar surface area (TPSA) is 9.23 Å². The molecule has 2 aromatic rings.